The lowest BCUT2D eigenvalue weighted by molar-refractivity contribution is 0.0712. The SMILES string of the molecule is COc1cc(C)cc(C)c1CCC(C)(C)O. The topological polar surface area (TPSA) is 29.5 Å². The van der Waals surface area contributed by atoms with Gasteiger partial charge in [-0.15, -0.1) is 0 Å². The molecule has 0 heterocycles. The largest absolute Gasteiger partial charge is 0.496 e. The maximum Gasteiger partial charge on any atom is 0.122 e. The van der Waals surface area contributed by atoms with Crippen LogP contribution in [0.25, 0.3) is 0 Å². The molecule has 2 nitrogen and oxygen atoms in total. The van der Waals surface area contributed by atoms with Crippen LogP contribution in [0.5, 0.6) is 5.75 Å². The van der Waals surface area contributed by atoms with Gasteiger partial charge in [-0.2, -0.15) is 0 Å². The molecular weight excluding hydrogens is 200 g/mol. The minimum Gasteiger partial charge on any atom is -0.496 e. The summed E-state index contributed by atoms with van der Waals surface area (Å²) < 4.78 is 5.39. The van der Waals surface area contributed by atoms with E-state index >= 15 is 0 Å². The number of rotatable bonds is 4. The number of ether oxygens (including phenoxy) is 1. The fourth-order valence-corrected chi connectivity index (χ4v) is 1.89. The Labute approximate surface area is 98.3 Å². The predicted octanol–water partition coefficient (Wildman–Crippen LogP) is 3.02. The Kier molecular flexibility index (Phi) is 3.98. The zero-order valence-corrected chi connectivity index (χ0v) is 10.9. The summed E-state index contributed by atoms with van der Waals surface area (Å²) in [6, 6.07) is 4.20. The Morgan fingerprint density at radius 3 is 2.38 bits per heavy atom. The molecule has 1 aromatic carbocycles. The second kappa shape index (κ2) is 4.88. The van der Waals surface area contributed by atoms with Crippen LogP contribution in [-0.2, 0) is 6.42 Å². The lowest BCUT2D eigenvalue weighted by Gasteiger charge is -2.19. The summed E-state index contributed by atoms with van der Waals surface area (Å²) in [4.78, 5) is 0. The van der Waals surface area contributed by atoms with Crippen molar-refractivity contribution in [2.24, 2.45) is 0 Å². The lowest BCUT2D eigenvalue weighted by Crippen LogP contribution is -2.19. The van der Waals surface area contributed by atoms with E-state index in [-0.39, 0.29) is 0 Å². The second-order valence-electron chi connectivity index (χ2n) is 5.08. The highest BCUT2D eigenvalue weighted by molar-refractivity contribution is 5.43. The lowest BCUT2D eigenvalue weighted by atomic mass is 9.94. The van der Waals surface area contributed by atoms with Crippen molar-refractivity contribution in [3.63, 3.8) is 0 Å². The van der Waals surface area contributed by atoms with E-state index in [1.165, 1.54) is 16.7 Å². The Hall–Kier alpha value is -1.02. The second-order valence-corrected chi connectivity index (χ2v) is 5.08. The molecule has 0 amide bonds. The van der Waals surface area contributed by atoms with Crippen molar-refractivity contribution in [1.82, 2.24) is 0 Å². The van der Waals surface area contributed by atoms with Gasteiger partial charge < -0.3 is 9.84 Å². The van der Waals surface area contributed by atoms with Crippen LogP contribution in [0.2, 0.25) is 0 Å². The first-order chi connectivity index (χ1) is 7.33. The third-order valence-electron chi connectivity index (χ3n) is 2.78. The Morgan fingerprint density at radius 1 is 1.25 bits per heavy atom. The van der Waals surface area contributed by atoms with Crippen LogP contribution < -0.4 is 4.74 Å². The van der Waals surface area contributed by atoms with Crippen molar-refractivity contribution in [3.05, 3.63) is 28.8 Å². The van der Waals surface area contributed by atoms with Gasteiger partial charge in [0.05, 0.1) is 12.7 Å². The smallest absolute Gasteiger partial charge is 0.122 e. The monoisotopic (exact) mass is 222 g/mol. The molecule has 1 rings (SSSR count). The molecule has 0 saturated carbocycles. The minimum atomic E-state index is -0.623. The average Bonchev–Trinajstić information content (AvgIpc) is 2.13. The van der Waals surface area contributed by atoms with Crippen molar-refractivity contribution in [2.45, 2.75) is 46.1 Å². The number of hydrogen-bond donors (Lipinski definition) is 1. The number of hydrogen-bond acceptors (Lipinski definition) is 2. The molecule has 0 radical (unpaired) electrons. The Bertz CT molecular complexity index is 362. The fraction of sp³-hybridized carbons (Fsp3) is 0.571. The van der Waals surface area contributed by atoms with Gasteiger partial charge in [0.25, 0.3) is 0 Å². The van der Waals surface area contributed by atoms with Crippen LogP contribution in [0.4, 0.5) is 0 Å². The molecule has 90 valence electrons. The normalized spacial score (nSPS) is 11.6. The van der Waals surface area contributed by atoms with Crippen molar-refractivity contribution >= 4 is 0 Å². The first-order valence-corrected chi connectivity index (χ1v) is 5.70. The third kappa shape index (κ3) is 3.53. The van der Waals surface area contributed by atoms with E-state index in [1.807, 2.05) is 19.9 Å². The van der Waals surface area contributed by atoms with E-state index in [4.69, 9.17) is 4.74 Å². The predicted molar refractivity (Wildman–Crippen MR) is 67.1 cm³/mol. The van der Waals surface area contributed by atoms with Crippen LogP contribution in [-0.4, -0.2) is 17.8 Å². The maximum atomic E-state index is 9.75. The van der Waals surface area contributed by atoms with Gasteiger partial charge in [-0.05, 0) is 63.3 Å². The van der Waals surface area contributed by atoms with Crippen LogP contribution in [0.3, 0.4) is 0 Å². The summed E-state index contributed by atoms with van der Waals surface area (Å²) in [6.07, 6.45) is 1.59. The Morgan fingerprint density at radius 2 is 1.88 bits per heavy atom. The highest BCUT2D eigenvalue weighted by Crippen LogP contribution is 2.27. The molecule has 0 atom stereocenters. The third-order valence-corrected chi connectivity index (χ3v) is 2.78. The van der Waals surface area contributed by atoms with Gasteiger partial charge in [0.1, 0.15) is 5.75 Å². The molecule has 0 saturated heterocycles. The van der Waals surface area contributed by atoms with E-state index in [9.17, 15) is 5.11 Å². The summed E-state index contributed by atoms with van der Waals surface area (Å²) in [5.74, 6) is 0.932. The van der Waals surface area contributed by atoms with Gasteiger partial charge >= 0.3 is 0 Å². The van der Waals surface area contributed by atoms with Crippen LogP contribution in [0.1, 0.15) is 37.0 Å². The molecule has 0 bridgehead atoms. The highest BCUT2D eigenvalue weighted by Gasteiger charge is 2.15. The molecule has 0 aromatic heterocycles. The van der Waals surface area contributed by atoms with E-state index in [0.717, 1.165) is 18.6 Å². The van der Waals surface area contributed by atoms with Gasteiger partial charge in [-0.1, -0.05) is 6.07 Å². The first kappa shape index (κ1) is 13.0. The molecule has 16 heavy (non-hydrogen) atoms. The standard InChI is InChI=1S/C14H22O2/c1-10-8-11(2)12(13(9-10)16-5)6-7-14(3,4)15/h8-9,15H,6-7H2,1-5H3. The van der Waals surface area contributed by atoms with Crippen LogP contribution in [0.15, 0.2) is 12.1 Å². The molecule has 0 aliphatic carbocycles. The van der Waals surface area contributed by atoms with Gasteiger partial charge in [0, 0.05) is 0 Å². The zero-order chi connectivity index (χ0) is 12.3. The maximum absolute atomic E-state index is 9.75. The number of aryl methyl sites for hydroxylation is 2. The Balaban J connectivity index is 2.94. The van der Waals surface area contributed by atoms with Gasteiger partial charge in [-0.25, -0.2) is 0 Å². The average molecular weight is 222 g/mol. The first-order valence-electron chi connectivity index (χ1n) is 5.70. The molecule has 0 aliphatic rings. The number of methoxy groups -OCH3 is 1. The summed E-state index contributed by atoms with van der Waals surface area (Å²) in [7, 11) is 1.70. The van der Waals surface area contributed by atoms with E-state index in [2.05, 4.69) is 19.9 Å². The van der Waals surface area contributed by atoms with Crippen molar-refractivity contribution in [1.29, 1.82) is 0 Å². The fourth-order valence-electron chi connectivity index (χ4n) is 1.89. The van der Waals surface area contributed by atoms with Crippen molar-refractivity contribution in [2.75, 3.05) is 7.11 Å². The molecule has 2 heteroatoms. The van der Waals surface area contributed by atoms with Gasteiger partial charge in [0.2, 0.25) is 0 Å². The zero-order valence-electron chi connectivity index (χ0n) is 10.9. The van der Waals surface area contributed by atoms with Gasteiger partial charge in [-0.3, -0.25) is 0 Å². The quantitative estimate of drug-likeness (QED) is 0.848. The highest BCUT2D eigenvalue weighted by atomic mass is 16.5. The minimum absolute atomic E-state index is 0.623. The van der Waals surface area contributed by atoms with E-state index in [1.54, 1.807) is 7.11 Å². The molecule has 0 fully saturated rings. The van der Waals surface area contributed by atoms with Crippen LogP contribution in [0, 0.1) is 13.8 Å². The number of aliphatic hydroxyl groups is 1. The van der Waals surface area contributed by atoms with Crippen LogP contribution >= 0.6 is 0 Å². The molecular formula is C14H22O2. The summed E-state index contributed by atoms with van der Waals surface area (Å²) in [5, 5.41) is 9.75. The molecule has 0 aliphatic heterocycles. The van der Waals surface area contributed by atoms with Crippen molar-refractivity contribution in [3.8, 4) is 5.75 Å². The molecule has 1 N–H and O–H groups in total. The summed E-state index contributed by atoms with van der Waals surface area (Å²) in [6.45, 7) is 7.83. The number of benzene rings is 1. The van der Waals surface area contributed by atoms with E-state index in [0.29, 0.717) is 0 Å². The van der Waals surface area contributed by atoms with Gasteiger partial charge in [0.15, 0.2) is 0 Å². The summed E-state index contributed by atoms with van der Waals surface area (Å²) >= 11 is 0. The summed E-state index contributed by atoms with van der Waals surface area (Å²) in [5.41, 5.74) is 3.03. The molecule has 0 unspecified atom stereocenters. The molecule has 1 aromatic rings. The van der Waals surface area contributed by atoms with Crippen molar-refractivity contribution < 1.29 is 9.84 Å². The van der Waals surface area contributed by atoms with E-state index < -0.39 is 5.60 Å². The molecule has 0 spiro atoms.